The third-order valence-corrected chi connectivity index (χ3v) is 4.49. The molecule has 1 aliphatic heterocycles. The van der Waals surface area contributed by atoms with Crippen LogP contribution in [-0.4, -0.2) is 49.1 Å². The molecule has 1 saturated heterocycles. The number of likely N-dealkylation sites (tertiary alicyclic amines) is 1. The molecule has 0 radical (unpaired) electrons. The molecule has 0 saturated carbocycles. The lowest BCUT2D eigenvalue weighted by molar-refractivity contribution is -0.140. The monoisotopic (exact) mass is 273 g/mol. The highest BCUT2D eigenvalue weighted by Crippen LogP contribution is 2.25. The molecule has 1 rings (SSSR count). The number of methoxy groups -OCH3 is 1. The van der Waals surface area contributed by atoms with Crippen LogP contribution in [0, 0.1) is 11.3 Å². The third kappa shape index (κ3) is 5.19. The molecule has 0 unspecified atom stereocenters. The van der Waals surface area contributed by atoms with Crippen molar-refractivity contribution in [2.45, 2.75) is 33.6 Å². The first-order chi connectivity index (χ1) is 8.45. The number of carbonyl (C=O) groups excluding carboxylic acids is 1. The number of carbonyl (C=O) groups is 1. The molecule has 18 heavy (non-hydrogen) atoms. The lowest BCUT2D eigenvalue weighted by Crippen LogP contribution is -2.44. The van der Waals surface area contributed by atoms with Gasteiger partial charge in [0.05, 0.1) is 6.61 Å². The molecule has 0 atom stereocenters. The summed E-state index contributed by atoms with van der Waals surface area (Å²) in [5.74, 6) is 3.36. The maximum Gasteiger partial charge on any atom is 0.227 e. The predicted molar refractivity (Wildman–Crippen MR) is 78.0 cm³/mol. The van der Waals surface area contributed by atoms with E-state index >= 15 is 0 Å². The van der Waals surface area contributed by atoms with Crippen molar-refractivity contribution in [2.75, 3.05) is 38.3 Å². The van der Waals surface area contributed by atoms with Crippen LogP contribution in [-0.2, 0) is 9.53 Å². The van der Waals surface area contributed by atoms with Gasteiger partial charge in [0.1, 0.15) is 0 Å². The molecule has 1 amide bonds. The molecule has 0 spiro atoms. The Morgan fingerprint density at radius 1 is 1.33 bits per heavy atom. The number of hydrogen-bond donors (Lipinski definition) is 0. The molecule has 0 bridgehead atoms. The molecule has 1 aliphatic rings. The van der Waals surface area contributed by atoms with E-state index in [0.717, 1.165) is 44.2 Å². The van der Waals surface area contributed by atoms with Crippen molar-refractivity contribution >= 4 is 17.7 Å². The second-order valence-electron chi connectivity index (χ2n) is 6.05. The Labute approximate surface area is 116 Å². The van der Waals surface area contributed by atoms with Gasteiger partial charge in [-0.3, -0.25) is 4.79 Å². The molecular formula is C14H27NO2S. The van der Waals surface area contributed by atoms with Crippen molar-refractivity contribution in [2.24, 2.45) is 11.3 Å². The Balaban J connectivity index is 2.22. The van der Waals surface area contributed by atoms with Crippen LogP contribution in [0.1, 0.15) is 33.6 Å². The van der Waals surface area contributed by atoms with E-state index in [1.807, 2.05) is 37.4 Å². The summed E-state index contributed by atoms with van der Waals surface area (Å²) in [6.45, 7) is 8.72. The van der Waals surface area contributed by atoms with Crippen LogP contribution in [0.25, 0.3) is 0 Å². The largest absolute Gasteiger partial charge is 0.384 e. The van der Waals surface area contributed by atoms with Crippen LogP contribution in [0.5, 0.6) is 0 Å². The molecule has 0 aromatic carbocycles. The van der Waals surface area contributed by atoms with Crippen molar-refractivity contribution in [3.8, 4) is 0 Å². The van der Waals surface area contributed by atoms with Crippen molar-refractivity contribution in [3.63, 3.8) is 0 Å². The van der Waals surface area contributed by atoms with Crippen molar-refractivity contribution in [1.29, 1.82) is 0 Å². The first-order valence-corrected chi connectivity index (χ1v) is 7.96. The van der Waals surface area contributed by atoms with Gasteiger partial charge in [-0.05, 0) is 24.5 Å². The molecular weight excluding hydrogens is 246 g/mol. The highest BCUT2D eigenvalue weighted by molar-refractivity contribution is 7.99. The van der Waals surface area contributed by atoms with Gasteiger partial charge in [0.15, 0.2) is 0 Å². The van der Waals surface area contributed by atoms with Crippen LogP contribution < -0.4 is 0 Å². The Kier molecular flexibility index (Phi) is 6.50. The summed E-state index contributed by atoms with van der Waals surface area (Å²) in [4.78, 5) is 14.2. The minimum atomic E-state index is -0.236. The summed E-state index contributed by atoms with van der Waals surface area (Å²) in [6, 6.07) is 0. The highest BCUT2D eigenvalue weighted by atomic mass is 32.2. The third-order valence-electron chi connectivity index (χ3n) is 3.33. The number of hydrogen-bond acceptors (Lipinski definition) is 3. The molecule has 1 fully saturated rings. The lowest BCUT2D eigenvalue weighted by atomic mass is 9.92. The van der Waals surface area contributed by atoms with Gasteiger partial charge < -0.3 is 9.64 Å². The van der Waals surface area contributed by atoms with E-state index in [1.54, 1.807) is 7.11 Å². The molecule has 1 heterocycles. The van der Waals surface area contributed by atoms with E-state index in [-0.39, 0.29) is 5.41 Å². The Bertz CT molecular complexity index is 255. The van der Waals surface area contributed by atoms with Crippen LogP contribution in [0.3, 0.4) is 0 Å². The highest BCUT2D eigenvalue weighted by Gasteiger charge is 2.30. The van der Waals surface area contributed by atoms with Gasteiger partial charge >= 0.3 is 0 Å². The maximum atomic E-state index is 12.1. The van der Waals surface area contributed by atoms with Gasteiger partial charge in [-0.15, -0.1) is 0 Å². The molecule has 4 heteroatoms. The van der Waals surface area contributed by atoms with Crippen molar-refractivity contribution < 1.29 is 9.53 Å². The normalized spacial score (nSPS) is 18.1. The summed E-state index contributed by atoms with van der Waals surface area (Å²) in [6.07, 6.45) is 2.31. The van der Waals surface area contributed by atoms with Crippen LogP contribution in [0.2, 0.25) is 0 Å². The predicted octanol–water partition coefficient (Wildman–Crippen LogP) is 2.65. The Morgan fingerprint density at radius 3 is 2.44 bits per heavy atom. The maximum absolute atomic E-state index is 12.1. The smallest absolute Gasteiger partial charge is 0.227 e. The van der Waals surface area contributed by atoms with E-state index < -0.39 is 0 Å². The average Bonchev–Trinajstić information content (AvgIpc) is 2.33. The fourth-order valence-electron chi connectivity index (χ4n) is 2.17. The van der Waals surface area contributed by atoms with Crippen LogP contribution in [0.4, 0.5) is 0 Å². The average molecular weight is 273 g/mol. The van der Waals surface area contributed by atoms with Crippen molar-refractivity contribution in [3.05, 3.63) is 0 Å². The summed E-state index contributed by atoms with van der Waals surface area (Å²) in [7, 11) is 1.75. The van der Waals surface area contributed by atoms with Gasteiger partial charge in [-0.25, -0.2) is 0 Å². The summed E-state index contributed by atoms with van der Waals surface area (Å²) in [5.41, 5.74) is -0.236. The second kappa shape index (κ2) is 7.39. The fourth-order valence-corrected chi connectivity index (χ4v) is 3.29. The zero-order valence-electron chi connectivity index (χ0n) is 12.2. The fraction of sp³-hybridized carbons (Fsp3) is 0.929. The summed E-state index contributed by atoms with van der Waals surface area (Å²) >= 11 is 1.97. The number of ether oxygens (including phenoxy) is 1. The van der Waals surface area contributed by atoms with Crippen LogP contribution in [0.15, 0.2) is 0 Å². The van der Waals surface area contributed by atoms with E-state index in [4.69, 9.17) is 4.74 Å². The topological polar surface area (TPSA) is 29.5 Å². The first-order valence-electron chi connectivity index (χ1n) is 6.81. The Hall–Kier alpha value is -0.220. The molecule has 0 aromatic heterocycles. The van der Waals surface area contributed by atoms with E-state index in [9.17, 15) is 4.79 Å². The lowest BCUT2D eigenvalue weighted by Gasteiger charge is -2.35. The van der Waals surface area contributed by atoms with Crippen LogP contribution >= 0.6 is 11.8 Å². The molecule has 3 nitrogen and oxygen atoms in total. The minimum Gasteiger partial charge on any atom is -0.384 e. The quantitative estimate of drug-likeness (QED) is 0.721. The summed E-state index contributed by atoms with van der Waals surface area (Å²) in [5, 5.41) is 0. The van der Waals surface area contributed by atoms with Gasteiger partial charge in [-0.1, -0.05) is 20.8 Å². The van der Waals surface area contributed by atoms with E-state index in [2.05, 4.69) is 0 Å². The standard InChI is InChI=1S/C14H27NO2S/c1-14(2,3)13(16)15-7-5-12(6-8-15)11-18-10-9-17-4/h12H,5-11H2,1-4H3. The Morgan fingerprint density at radius 2 is 1.94 bits per heavy atom. The zero-order valence-corrected chi connectivity index (χ0v) is 13.0. The number of thioether (sulfide) groups is 1. The molecule has 0 aromatic rings. The molecule has 0 aliphatic carbocycles. The zero-order chi connectivity index (χ0) is 13.6. The SMILES string of the molecule is COCCSCC1CCN(C(=O)C(C)(C)C)CC1. The van der Waals surface area contributed by atoms with Gasteiger partial charge in [-0.2, -0.15) is 11.8 Å². The second-order valence-corrected chi connectivity index (χ2v) is 7.20. The minimum absolute atomic E-state index is 0.236. The molecule has 106 valence electrons. The van der Waals surface area contributed by atoms with Crippen molar-refractivity contribution in [1.82, 2.24) is 4.90 Å². The van der Waals surface area contributed by atoms with E-state index in [1.165, 1.54) is 5.75 Å². The number of amides is 1. The first kappa shape index (κ1) is 15.8. The van der Waals surface area contributed by atoms with E-state index in [0.29, 0.717) is 5.91 Å². The van der Waals surface area contributed by atoms with Gasteiger partial charge in [0, 0.05) is 31.4 Å². The van der Waals surface area contributed by atoms with Gasteiger partial charge in [0.2, 0.25) is 5.91 Å². The summed E-state index contributed by atoms with van der Waals surface area (Å²) < 4.78 is 5.04. The number of nitrogens with zero attached hydrogens (tertiary/aromatic N) is 1. The molecule has 0 N–H and O–H groups in total. The van der Waals surface area contributed by atoms with Gasteiger partial charge in [0.25, 0.3) is 0 Å². The number of rotatable bonds is 5. The number of piperidine rings is 1.